The van der Waals surface area contributed by atoms with E-state index in [0.717, 1.165) is 22.2 Å². The number of nitrogens with zero attached hydrogens (tertiary/aromatic N) is 1. The van der Waals surface area contributed by atoms with Crippen molar-refractivity contribution in [2.75, 3.05) is 11.1 Å². The topological polar surface area (TPSA) is 66.7 Å². The zero-order valence-electron chi connectivity index (χ0n) is 10.5. The molecule has 4 N–H and O–H groups in total. The van der Waals surface area contributed by atoms with Gasteiger partial charge in [-0.05, 0) is 29.8 Å². The van der Waals surface area contributed by atoms with Gasteiger partial charge in [0.1, 0.15) is 5.82 Å². The Kier molecular flexibility index (Phi) is 3.20. The molecular formula is C14H12ClFN4. The molecule has 3 rings (SSSR count). The van der Waals surface area contributed by atoms with Gasteiger partial charge < -0.3 is 11.1 Å². The third-order valence-electron chi connectivity index (χ3n) is 3.08. The van der Waals surface area contributed by atoms with Gasteiger partial charge >= 0.3 is 0 Å². The van der Waals surface area contributed by atoms with Crippen LogP contribution < -0.4 is 11.1 Å². The van der Waals surface area contributed by atoms with E-state index in [-0.39, 0.29) is 5.02 Å². The number of hydrogen-bond acceptors (Lipinski definition) is 3. The van der Waals surface area contributed by atoms with Crippen LogP contribution >= 0.6 is 11.6 Å². The van der Waals surface area contributed by atoms with Crippen LogP contribution in [0.1, 0.15) is 5.56 Å². The second-order valence-corrected chi connectivity index (χ2v) is 4.91. The SMILES string of the molecule is Nc1cc2cn[nH]c2cc1NCc1ccc(F)c(Cl)c1. The normalized spacial score (nSPS) is 10.9. The van der Waals surface area contributed by atoms with E-state index in [1.807, 2.05) is 12.1 Å². The Morgan fingerprint density at radius 1 is 1.30 bits per heavy atom. The van der Waals surface area contributed by atoms with Crippen molar-refractivity contribution in [3.8, 4) is 0 Å². The summed E-state index contributed by atoms with van der Waals surface area (Å²) in [7, 11) is 0. The van der Waals surface area contributed by atoms with Crippen molar-refractivity contribution in [1.29, 1.82) is 0 Å². The zero-order valence-corrected chi connectivity index (χ0v) is 11.2. The molecule has 4 nitrogen and oxygen atoms in total. The fourth-order valence-corrected chi connectivity index (χ4v) is 2.21. The van der Waals surface area contributed by atoms with Crippen LogP contribution in [0, 0.1) is 5.82 Å². The first-order valence-electron chi connectivity index (χ1n) is 6.04. The molecule has 2 aromatic carbocycles. The minimum absolute atomic E-state index is 0.112. The second kappa shape index (κ2) is 5.02. The molecule has 6 heteroatoms. The minimum atomic E-state index is -0.422. The highest BCUT2D eigenvalue weighted by Gasteiger charge is 2.05. The highest BCUT2D eigenvalue weighted by molar-refractivity contribution is 6.30. The quantitative estimate of drug-likeness (QED) is 0.646. The molecule has 102 valence electrons. The van der Waals surface area contributed by atoms with Crippen LogP contribution in [0.25, 0.3) is 10.9 Å². The molecule has 20 heavy (non-hydrogen) atoms. The molecule has 0 atom stereocenters. The lowest BCUT2D eigenvalue weighted by Crippen LogP contribution is -2.02. The van der Waals surface area contributed by atoms with Gasteiger partial charge in [-0.15, -0.1) is 0 Å². The van der Waals surface area contributed by atoms with Crippen molar-refractivity contribution in [3.05, 3.63) is 52.9 Å². The van der Waals surface area contributed by atoms with Crippen LogP contribution in [-0.4, -0.2) is 10.2 Å². The Morgan fingerprint density at radius 3 is 2.95 bits per heavy atom. The maximum atomic E-state index is 13.1. The molecule has 0 unspecified atom stereocenters. The molecule has 1 aromatic heterocycles. The molecule has 1 heterocycles. The predicted molar refractivity (Wildman–Crippen MR) is 79.2 cm³/mol. The zero-order chi connectivity index (χ0) is 14.1. The van der Waals surface area contributed by atoms with E-state index in [0.29, 0.717) is 12.2 Å². The van der Waals surface area contributed by atoms with Gasteiger partial charge in [-0.2, -0.15) is 5.10 Å². The molecule has 0 saturated carbocycles. The Balaban J connectivity index is 1.82. The first-order chi connectivity index (χ1) is 9.63. The van der Waals surface area contributed by atoms with Crippen LogP contribution in [-0.2, 0) is 6.54 Å². The highest BCUT2D eigenvalue weighted by atomic mass is 35.5. The summed E-state index contributed by atoms with van der Waals surface area (Å²) in [5.74, 6) is -0.422. The van der Waals surface area contributed by atoms with Crippen LogP contribution in [0.15, 0.2) is 36.5 Å². The molecule has 0 spiro atoms. The Morgan fingerprint density at radius 2 is 2.15 bits per heavy atom. The van der Waals surface area contributed by atoms with Crippen molar-refractivity contribution in [2.24, 2.45) is 0 Å². The van der Waals surface area contributed by atoms with E-state index in [1.165, 1.54) is 6.07 Å². The number of nitrogens with one attached hydrogen (secondary N) is 2. The average molecular weight is 291 g/mol. The highest BCUT2D eigenvalue weighted by Crippen LogP contribution is 2.25. The standard InChI is InChI=1S/C14H12ClFN4/c15-10-3-8(1-2-11(10)16)6-18-14-5-13-9(4-12(14)17)7-19-20-13/h1-5,7,18H,6,17H2,(H,19,20). The summed E-state index contributed by atoms with van der Waals surface area (Å²) in [6, 6.07) is 8.36. The van der Waals surface area contributed by atoms with Crippen molar-refractivity contribution in [2.45, 2.75) is 6.54 Å². The van der Waals surface area contributed by atoms with Gasteiger partial charge in [0.05, 0.1) is 28.1 Å². The van der Waals surface area contributed by atoms with Crippen LogP contribution in [0.5, 0.6) is 0 Å². The molecule has 0 aliphatic carbocycles. The summed E-state index contributed by atoms with van der Waals surface area (Å²) in [5.41, 5.74) is 9.18. The molecule has 0 saturated heterocycles. The number of aromatic amines is 1. The van der Waals surface area contributed by atoms with E-state index in [1.54, 1.807) is 18.3 Å². The number of benzene rings is 2. The van der Waals surface area contributed by atoms with Crippen LogP contribution in [0.4, 0.5) is 15.8 Å². The van der Waals surface area contributed by atoms with Gasteiger partial charge in [-0.3, -0.25) is 5.10 Å². The summed E-state index contributed by atoms with van der Waals surface area (Å²) in [6.07, 6.45) is 1.72. The fourth-order valence-electron chi connectivity index (χ4n) is 2.01. The summed E-state index contributed by atoms with van der Waals surface area (Å²) < 4.78 is 13.1. The van der Waals surface area contributed by atoms with Crippen molar-refractivity contribution >= 4 is 33.9 Å². The minimum Gasteiger partial charge on any atom is -0.397 e. The number of anilines is 2. The molecule has 0 aliphatic rings. The summed E-state index contributed by atoms with van der Waals surface area (Å²) in [6.45, 7) is 0.504. The van der Waals surface area contributed by atoms with Gasteiger partial charge in [-0.25, -0.2) is 4.39 Å². The van der Waals surface area contributed by atoms with Gasteiger partial charge in [-0.1, -0.05) is 17.7 Å². The number of H-pyrrole nitrogens is 1. The van der Waals surface area contributed by atoms with Crippen molar-refractivity contribution < 1.29 is 4.39 Å². The lowest BCUT2D eigenvalue weighted by molar-refractivity contribution is 0.627. The summed E-state index contributed by atoms with van der Waals surface area (Å²) in [5, 5.41) is 11.1. The maximum Gasteiger partial charge on any atom is 0.141 e. The first-order valence-corrected chi connectivity index (χ1v) is 6.41. The van der Waals surface area contributed by atoms with E-state index in [9.17, 15) is 4.39 Å². The monoisotopic (exact) mass is 290 g/mol. The first kappa shape index (κ1) is 12.7. The maximum absolute atomic E-state index is 13.1. The third-order valence-corrected chi connectivity index (χ3v) is 3.37. The lowest BCUT2D eigenvalue weighted by Gasteiger charge is -2.10. The van der Waals surface area contributed by atoms with E-state index >= 15 is 0 Å². The van der Waals surface area contributed by atoms with E-state index < -0.39 is 5.82 Å². The smallest absolute Gasteiger partial charge is 0.141 e. The number of hydrogen-bond donors (Lipinski definition) is 3. The van der Waals surface area contributed by atoms with E-state index in [4.69, 9.17) is 17.3 Å². The van der Waals surface area contributed by atoms with Crippen LogP contribution in [0.3, 0.4) is 0 Å². The summed E-state index contributed by atoms with van der Waals surface area (Å²) in [4.78, 5) is 0. The Hall–Kier alpha value is -2.27. The average Bonchev–Trinajstić information content (AvgIpc) is 2.87. The number of rotatable bonds is 3. The van der Waals surface area contributed by atoms with E-state index in [2.05, 4.69) is 15.5 Å². The molecular weight excluding hydrogens is 279 g/mol. The Bertz CT molecular complexity index is 769. The largest absolute Gasteiger partial charge is 0.397 e. The predicted octanol–water partition coefficient (Wildman–Crippen LogP) is 3.55. The summed E-state index contributed by atoms with van der Waals surface area (Å²) >= 11 is 5.75. The Labute approximate surface area is 119 Å². The van der Waals surface area contributed by atoms with Crippen molar-refractivity contribution in [3.63, 3.8) is 0 Å². The van der Waals surface area contributed by atoms with Gasteiger partial charge in [0.15, 0.2) is 0 Å². The molecule has 0 radical (unpaired) electrons. The van der Waals surface area contributed by atoms with Gasteiger partial charge in [0.25, 0.3) is 0 Å². The number of aromatic nitrogens is 2. The second-order valence-electron chi connectivity index (χ2n) is 4.50. The van der Waals surface area contributed by atoms with Gasteiger partial charge in [0.2, 0.25) is 0 Å². The molecule has 0 amide bonds. The fraction of sp³-hybridized carbons (Fsp3) is 0.0714. The number of nitrogens with two attached hydrogens (primary N) is 1. The number of fused-ring (bicyclic) bond motifs is 1. The van der Waals surface area contributed by atoms with Crippen LogP contribution in [0.2, 0.25) is 5.02 Å². The van der Waals surface area contributed by atoms with Gasteiger partial charge in [0, 0.05) is 11.9 Å². The molecule has 0 aliphatic heterocycles. The molecule has 0 bridgehead atoms. The molecule has 3 aromatic rings. The molecule has 0 fully saturated rings. The van der Waals surface area contributed by atoms with Crippen molar-refractivity contribution in [1.82, 2.24) is 10.2 Å². The third kappa shape index (κ3) is 2.40. The number of halogens is 2. The number of nitrogen functional groups attached to an aromatic ring is 1. The lowest BCUT2D eigenvalue weighted by atomic mass is 10.2.